The summed E-state index contributed by atoms with van der Waals surface area (Å²) in [6.07, 6.45) is 0.522. The SMILES string of the molecule is CCNC(=NCCCOCC(F)(F)F)NCCCCSC.I. The van der Waals surface area contributed by atoms with E-state index in [1.165, 1.54) is 0 Å². The van der Waals surface area contributed by atoms with Crippen LogP contribution in [0.1, 0.15) is 26.2 Å². The maximum Gasteiger partial charge on any atom is 0.411 e. The Bertz CT molecular complexity index is 282. The third kappa shape index (κ3) is 18.1. The summed E-state index contributed by atoms with van der Waals surface area (Å²) in [5.41, 5.74) is 0. The predicted octanol–water partition coefficient (Wildman–Crippen LogP) is 3.27. The molecule has 0 aliphatic heterocycles. The maximum absolute atomic E-state index is 11.8. The first-order valence-electron chi connectivity index (χ1n) is 7.15. The lowest BCUT2D eigenvalue weighted by atomic mass is 10.3. The standard InChI is InChI=1S/C13H26F3N3OS.HI/c1-3-17-12(18-7-4-5-10-21-2)19-8-6-9-20-11-13(14,15)16;/h3-11H2,1-2H3,(H2,17,18,19);1H. The Labute approximate surface area is 152 Å². The summed E-state index contributed by atoms with van der Waals surface area (Å²) < 4.78 is 40.1. The molecular weight excluding hydrogens is 430 g/mol. The van der Waals surface area contributed by atoms with Crippen molar-refractivity contribution in [3.63, 3.8) is 0 Å². The fourth-order valence-electron chi connectivity index (χ4n) is 1.47. The number of hydrogen-bond acceptors (Lipinski definition) is 3. The minimum absolute atomic E-state index is 0. The van der Waals surface area contributed by atoms with Gasteiger partial charge in [0.1, 0.15) is 6.61 Å². The van der Waals surface area contributed by atoms with Crippen LogP contribution in [0.3, 0.4) is 0 Å². The summed E-state index contributed by atoms with van der Waals surface area (Å²) in [7, 11) is 0. The summed E-state index contributed by atoms with van der Waals surface area (Å²) in [5.74, 6) is 1.85. The van der Waals surface area contributed by atoms with Gasteiger partial charge in [0, 0.05) is 26.2 Å². The fourth-order valence-corrected chi connectivity index (χ4v) is 1.96. The smallest absolute Gasteiger partial charge is 0.372 e. The highest BCUT2D eigenvalue weighted by Crippen LogP contribution is 2.14. The Kier molecular flexibility index (Phi) is 17.7. The van der Waals surface area contributed by atoms with Crippen molar-refractivity contribution in [1.82, 2.24) is 10.6 Å². The van der Waals surface area contributed by atoms with Crippen molar-refractivity contribution in [2.24, 2.45) is 4.99 Å². The third-order valence-electron chi connectivity index (χ3n) is 2.39. The van der Waals surface area contributed by atoms with Gasteiger partial charge in [0.2, 0.25) is 0 Å². The number of unbranched alkanes of at least 4 members (excludes halogenated alkanes) is 1. The van der Waals surface area contributed by atoms with Crippen LogP contribution in [0.25, 0.3) is 0 Å². The number of guanidine groups is 1. The molecular formula is C13H27F3IN3OS. The molecule has 0 atom stereocenters. The van der Waals surface area contributed by atoms with Gasteiger partial charge in [-0.1, -0.05) is 0 Å². The summed E-state index contributed by atoms with van der Waals surface area (Å²) in [6.45, 7) is 2.88. The molecule has 4 nitrogen and oxygen atoms in total. The second-order valence-electron chi connectivity index (χ2n) is 4.41. The van der Waals surface area contributed by atoms with Crippen LogP contribution >= 0.6 is 35.7 Å². The number of aliphatic imine (C=N–C) groups is 1. The first kappa shape index (κ1) is 24.4. The molecule has 134 valence electrons. The van der Waals surface area contributed by atoms with Gasteiger partial charge >= 0.3 is 6.18 Å². The van der Waals surface area contributed by atoms with E-state index in [2.05, 4.69) is 26.6 Å². The zero-order valence-electron chi connectivity index (χ0n) is 13.2. The average molecular weight is 457 g/mol. The van der Waals surface area contributed by atoms with Crippen LogP contribution in [-0.2, 0) is 4.74 Å². The highest BCUT2D eigenvalue weighted by atomic mass is 127. The number of nitrogens with zero attached hydrogens (tertiary/aromatic N) is 1. The molecule has 0 saturated heterocycles. The molecule has 0 amide bonds. The van der Waals surface area contributed by atoms with Crippen molar-refractivity contribution in [2.75, 3.05) is 44.9 Å². The van der Waals surface area contributed by atoms with Gasteiger partial charge in [-0.25, -0.2) is 0 Å². The molecule has 0 radical (unpaired) electrons. The monoisotopic (exact) mass is 457 g/mol. The van der Waals surface area contributed by atoms with E-state index in [1.54, 1.807) is 0 Å². The van der Waals surface area contributed by atoms with E-state index in [0.29, 0.717) is 18.9 Å². The molecule has 0 unspecified atom stereocenters. The normalized spacial score (nSPS) is 12.0. The van der Waals surface area contributed by atoms with Gasteiger partial charge in [-0.2, -0.15) is 24.9 Å². The Balaban J connectivity index is 0. The van der Waals surface area contributed by atoms with Gasteiger partial charge in [0.05, 0.1) is 0 Å². The van der Waals surface area contributed by atoms with Crippen LogP contribution in [-0.4, -0.2) is 57.0 Å². The van der Waals surface area contributed by atoms with Crippen LogP contribution in [0, 0.1) is 0 Å². The summed E-state index contributed by atoms with van der Waals surface area (Å²) in [5, 5.41) is 6.31. The molecule has 0 aliphatic rings. The third-order valence-corrected chi connectivity index (χ3v) is 3.09. The molecule has 0 spiro atoms. The van der Waals surface area contributed by atoms with Crippen molar-refractivity contribution in [2.45, 2.75) is 32.4 Å². The average Bonchev–Trinajstić information content (AvgIpc) is 2.41. The molecule has 0 fully saturated rings. The number of nitrogens with one attached hydrogen (secondary N) is 2. The summed E-state index contributed by atoms with van der Waals surface area (Å²) >= 11 is 1.83. The lowest BCUT2D eigenvalue weighted by Gasteiger charge is -2.11. The fraction of sp³-hybridized carbons (Fsp3) is 0.923. The molecule has 0 aromatic rings. The first-order chi connectivity index (χ1) is 9.99. The van der Waals surface area contributed by atoms with E-state index >= 15 is 0 Å². The topological polar surface area (TPSA) is 45.7 Å². The van der Waals surface area contributed by atoms with E-state index in [0.717, 1.165) is 31.7 Å². The Morgan fingerprint density at radius 1 is 1.18 bits per heavy atom. The maximum atomic E-state index is 11.8. The van der Waals surface area contributed by atoms with Gasteiger partial charge in [0.25, 0.3) is 0 Å². The molecule has 9 heteroatoms. The van der Waals surface area contributed by atoms with Crippen molar-refractivity contribution in [1.29, 1.82) is 0 Å². The lowest BCUT2D eigenvalue weighted by molar-refractivity contribution is -0.173. The van der Waals surface area contributed by atoms with Crippen LogP contribution in [0.2, 0.25) is 0 Å². The van der Waals surface area contributed by atoms with E-state index < -0.39 is 12.8 Å². The number of rotatable bonds is 11. The molecule has 0 heterocycles. The number of thioether (sulfide) groups is 1. The molecule has 0 bridgehead atoms. The molecule has 0 aromatic carbocycles. The number of alkyl halides is 3. The second kappa shape index (κ2) is 16.0. The molecule has 0 rings (SSSR count). The number of ether oxygens (including phenoxy) is 1. The molecule has 22 heavy (non-hydrogen) atoms. The zero-order valence-corrected chi connectivity index (χ0v) is 16.3. The van der Waals surface area contributed by atoms with Gasteiger partial charge in [-0.05, 0) is 38.2 Å². The zero-order chi connectivity index (χ0) is 16.0. The summed E-state index contributed by atoms with van der Waals surface area (Å²) in [4.78, 5) is 4.29. The van der Waals surface area contributed by atoms with Crippen molar-refractivity contribution in [3.8, 4) is 0 Å². The summed E-state index contributed by atoms with van der Waals surface area (Å²) in [6, 6.07) is 0. The van der Waals surface area contributed by atoms with Crippen molar-refractivity contribution in [3.05, 3.63) is 0 Å². The Morgan fingerprint density at radius 3 is 2.50 bits per heavy atom. The van der Waals surface area contributed by atoms with E-state index in [-0.39, 0.29) is 30.6 Å². The quantitative estimate of drug-likeness (QED) is 0.217. The van der Waals surface area contributed by atoms with Gasteiger partial charge in [-0.15, -0.1) is 24.0 Å². The molecule has 0 aromatic heterocycles. The highest BCUT2D eigenvalue weighted by Gasteiger charge is 2.27. The lowest BCUT2D eigenvalue weighted by Crippen LogP contribution is -2.38. The molecule has 0 aliphatic carbocycles. The van der Waals surface area contributed by atoms with Crippen LogP contribution < -0.4 is 10.6 Å². The first-order valence-corrected chi connectivity index (χ1v) is 8.54. The van der Waals surface area contributed by atoms with E-state index in [1.807, 2.05) is 18.7 Å². The number of hydrogen-bond donors (Lipinski definition) is 2. The Hall–Kier alpha value is 0.1000. The minimum Gasteiger partial charge on any atom is -0.372 e. The molecule has 0 saturated carbocycles. The van der Waals surface area contributed by atoms with Crippen molar-refractivity contribution < 1.29 is 17.9 Å². The van der Waals surface area contributed by atoms with Crippen LogP contribution in [0.15, 0.2) is 4.99 Å². The van der Waals surface area contributed by atoms with Gasteiger partial charge in [-0.3, -0.25) is 4.99 Å². The van der Waals surface area contributed by atoms with E-state index in [4.69, 9.17) is 0 Å². The van der Waals surface area contributed by atoms with E-state index in [9.17, 15) is 13.2 Å². The van der Waals surface area contributed by atoms with Crippen molar-refractivity contribution >= 4 is 41.7 Å². The number of halogens is 4. The Morgan fingerprint density at radius 2 is 1.91 bits per heavy atom. The van der Waals surface area contributed by atoms with Gasteiger partial charge < -0.3 is 15.4 Å². The van der Waals surface area contributed by atoms with Crippen LogP contribution in [0.5, 0.6) is 0 Å². The molecule has 2 N–H and O–H groups in total. The highest BCUT2D eigenvalue weighted by molar-refractivity contribution is 14.0. The second-order valence-corrected chi connectivity index (χ2v) is 5.39. The predicted molar refractivity (Wildman–Crippen MR) is 98.5 cm³/mol. The van der Waals surface area contributed by atoms with Gasteiger partial charge in [0.15, 0.2) is 5.96 Å². The minimum atomic E-state index is -4.25. The largest absolute Gasteiger partial charge is 0.411 e. The van der Waals surface area contributed by atoms with Crippen LogP contribution in [0.4, 0.5) is 13.2 Å².